The van der Waals surface area contributed by atoms with Crippen molar-refractivity contribution in [2.45, 2.75) is 51.0 Å². The number of benzene rings is 1. The normalized spacial score (nSPS) is 26.9. The van der Waals surface area contributed by atoms with Crippen molar-refractivity contribution < 1.29 is 0 Å². The minimum absolute atomic E-state index is 0.481. The van der Waals surface area contributed by atoms with Gasteiger partial charge in [-0.25, -0.2) is 0 Å². The van der Waals surface area contributed by atoms with Crippen LogP contribution < -0.4 is 5.32 Å². The molecule has 0 aliphatic heterocycles. The van der Waals surface area contributed by atoms with Gasteiger partial charge in [0.2, 0.25) is 0 Å². The number of hydrogen-bond acceptors (Lipinski definition) is 2. The Morgan fingerprint density at radius 2 is 1.83 bits per heavy atom. The van der Waals surface area contributed by atoms with E-state index in [-0.39, 0.29) is 0 Å². The van der Waals surface area contributed by atoms with Gasteiger partial charge in [-0.05, 0) is 61.1 Å². The summed E-state index contributed by atoms with van der Waals surface area (Å²) in [7, 11) is 0. The molecule has 0 heterocycles. The van der Waals surface area contributed by atoms with Gasteiger partial charge >= 0.3 is 0 Å². The predicted molar refractivity (Wildman–Crippen MR) is 82.4 cm³/mol. The summed E-state index contributed by atoms with van der Waals surface area (Å²) in [5.74, 6) is 0.830. The summed E-state index contributed by atoms with van der Waals surface area (Å²) in [6.07, 6.45) is 6.06. The van der Waals surface area contributed by atoms with Crippen molar-refractivity contribution in [3.8, 4) is 0 Å². The molecule has 1 aliphatic carbocycles. The topological polar surface area (TPSA) is 12.0 Å². The van der Waals surface area contributed by atoms with Crippen molar-refractivity contribution in [1.29, 1.82) is 0 Å². The van der Waals surface area contributed by atoms with Crippen LogP contribution in [0.5, 0.6) is 0 Å². The van der Waals surface area contributed by atoms with Crippen molar-refractivity contribution >= 4 is 17.4 Å². The van der Waals surface area contributed by atoms with Gasteiger partial charge in [0, 0.05) is 16.6 Å². The monoisotopic (exact) mass is 263 g/mol. The van der Waals surface area contributed by atoms with Crippen LogP contribution in [0.1, 0.15) is 40.0 Å². The van der Waals surface area contributed by atoms with E-state index in [1.807, 2.05) is 0 Å². The van der Waals surface area contributed by atoms with Crippen LogP contribution in [0.2, 0.25) is 0 Å². The summed E-state index contributed by atoms with van der Waals surface area (Å²) < 4.78 is 0. The quantitative estimate of drug-likeness (QED) is 0.767. The highest BCUT2D eigenvalue weighted by Gasteiger charge is 2.31. The minimum Gasteiger partial charge on any atom is -0.382 e. The van der Waals surface area contributed by atoms with E-state index in [2.05, 4.69) is 56.6 Å². The fourth-order valence-electron chi connectivity index (χ4n) is 3.38. The maximum absolute atomic E-state index is 3.71. The maximum Gasteiger partial charge on any atom is 0.0343 e. The first kappa shape index (κ1) is 13.8. The standard InChI is InChI=1S/C16H25NS/c1-12-9-14(11-16(2,3)10-12)17-13-5-7-15(18-4)8-6-13/h5-8,12,14,17H,9-11H2,1-4H3. The van der Waals surface area contributed by atoms with Crippen LogP contribution in [-0.4, -0.2) is 12.3 Å². The van der Waals surface area contributed by atoms with Gasteiger partial charge in [0.05, 0.1) is 0 Å². The molecule has 0 saturated heterocycles. The third kappa shape index (κ3) is 3.68. The maximum atomic E-state index is 3.71. The van der Waals surface area contributed by atoms with Crippen LogP contribution in [0.4, 0.5) is 5.69 Å². The first-order valence-electron chi connectivity index (χ1n) is 6.89. The molecule has 1 fully saturated rings. The zero-order chi connectivity index (χ0) is 13.2. The number of rotatable bonds is 3. The van der Waals surface area contributed by atoms with Crippen molar-refractivity contribution in [1.82, 2.24) is 0 Å². The summed E-state index contributed by atoms with van der Waals surface area (Å²) >= 11 is 1.80. The van der Waals surface area contributed by atoms with Crippen LogP contribution in [0, 0.1) is 11.3 Å². The lowest BCUT2D eigenvalue weighted by Crippen LogP contribution is -2.35. The molecule has 1 aromatic carbocycles. The van der Waals surface area contributed by atoms with E-state index in [1.165, 1.54) is 29.8 Å². The summed E-state index contributed by atoms with van der Waals surface area (Å²) in [6, 6.07) is 9.44. The second-order valence-electron chi connectivity index (χ2n) is 6.48. The van der Waals surface area contributed by atoms with E-state index in [0.29, 0.717) is 11.5 Å². The molecule has 100 valence electrons. The summed E-state index contributed by atoms with van der Waals surface area (Å²) in [5.41, 5.74) is 1.75. The Bertz CT molecular complexity index is 383. The van der Waals surface area contributed by atoms with Crippen molar-refractivity contribution in [2.24, 2.45) is 11.3 Å². The lowest BCUT2D eigenvalue weighted by atomic mass is 9.70. The number of hydrogen-bond donors (Lipinski definition) is 1. The molecular formula is C16H25NS. The Hall–Kier alpha value is -0.630. The van der Waals surface area contributed by atoms with Crippen molar-refractivity contribution in [3.05, 3.63) is 24.3 Å². The fourth-order valence-corrected chi connectivity index (χ4v) is 3.79. The van der Waals surface area contributed by atoms with Gasteiger partial charge in [0.1, 0.15) is 0 Å². The Kier molecular flexibility index (Phi) is 4.26. The van der Waals surface area contributed by atoms with Gasteiger partial charge in [-0.2, -0.15) is 0 Å². The van der Waals surface area contributed by atoms with Gasteiger partial charge in [0.25, 0.3) is 0 Å². The van der Waals surface area contributed by atoms with Crippen LogP contribution in [0.25, 0.3) is 0 Å². The average molecular weight is 263 g/mol. The Labute approximate surface area is 116 Å². The molecule has 0 radical (unpaired) electrons. The molecule has 0 aromatic heterocycles. The van der Waals surface area contributed by atoms with E-state index in [9.17, 15) is 0 Å². The smallest absolute Gasteiger partial charge is 0.0343 e. The third-order valence-corrected chi connectivity index (χ3v) is 4.59. The zero-order valence-corrected chi connectivity index (χ0v) is 12.8. The van der Waals surface area contributed by atoms with Crippen LogP contribution >= 0.6 is 11.8 Å². The molecule has 1 aromatic rings. The molecule has 2 atom stereocenters. The van der Waals surface area contributed by atoms with E-state index < -0.39 is 0 Å². The van der Waals surface area contributed by atoms with Crippen molar-refractivity contribution in [2.75, 3.05) is 11.6 Å². The molecule has 2 heteroatoms. The van der Waals surface area contributed by atoms with E-state index in [1.54, 1.807) is 11.8 Å². The Balaban J connectivity index is 1.99. The highest BCUT2D eigenvalue weighted by molar-refractivity contribution is 7.98. The fraction of sp³-hybridized carbons (Fsp3) is 0.625. The third-order valence-electron chi connectivity index (χ3n) is 3.85. The minimum atomic E-state index is 0.481. The number of nitrogens with one attached hydrogen (secondary N) is 1. The average Bonchev–Trinajstić information content (AvgIpc) is 2.27. The lowest BCUT2D eigenvalue weighted by Gasteiger charge is -2.39. The molecule has 2 unspecified atom stereocenters. The van der Waals surface area contributed by atoms with Gasteiger partial charge in [0.15, 0.2) is 0 Å². The zero-order valence-electron chi connectivity index (χ0n) is 12.0. The molecule has 0 amide bonds. The first-order chi connectivity index (χ1) is 8.48. The molecule has 0 bridgehead atoms. The molecule has 1 nitrogen and oxygen atoms in total. The predicted octanol–water partition coefficient (Wildman–Crippen LogP) is 5.04. The van der Waals surface area contributed by atoms with Crippen LogP contribution in [-0.2, 0) is 0 Å². The second-order valence-corrected chi connectivity index (χ2v) is 7.36. The summed E-state index contributed by atoms with van der Waals surface area (Å²) in [5, 5.41) is 3.71. The number of thioether (sulfide) groups is 1. The lowest BCUT2D eigenvalue weighted by molar-refractivity contribution is 0.178. The molecule has 2 rings (SSSR count). The molecule has 0 spiro atoms. The van der Waals surface area contributed by atoms with Crippen molar-refractivity contribution in [3.63, 3.8) is 0 Å². The summed E-state index contributed by atoms with van der Waals surface area (Å²) in [4.78, 5) is 1.33. The molecule has 18 heavy (non-hydrogen) atoms. The first-order valence-corrected chi connectivity index (χ1v) is 8.11. The van der Waals surface area contributed by atoms with Gasteiger partial charge in [-0.1, -0.05) is 20.8 Å². The SMILES string of the molecule is CSc1ccc(NC2CC(C)CC(C)(C)C2)cc1. The summed E-state index contributed by atoms with van der Waals surface area (Å²) in [6.45, 7) is 7.18. The Morgan fingerprint density at radius 1 is 1.17 bits per heavy atom. The van der Waals surface area contributed by atoms with Gasteiger partial charge in [-0.3, -0.25) is 0 Å². The van der Waals surface area contributed by atoms with E-state index in [0.717, 1.165) is 5.92 Å². The van der Waals surface area contributed by atoms with Crippen LogP contribution in [0.15, 0.2) is 29.2 Å². The van der Waals surface area contributed by atoms with Gasteiger partial charge < -0.3 is 5.32 Å². The Morgan fingerprint density at radius 3 is 2.39 bits per heavy atom. The molecule has 1 aliphatic rings. The van der Waals surface area contributed by atoms with Gasteiger partial charge in [-0.15, -0.1) is 11.8 Å². The highest BCUT2D eigenvalue weighted by Crippen LogP contribution is 2.39. The highest BCUT2D eigenvalue weighted by atomic mass is 32.2. The van der Waals surface area contributed by atoms with E-state index >= 15 is 0 Å². The number of anilines is 1. The van der Waals surface area contributed by atoms with E-state index in [4.69, 9.17) is 0 Å². The molecule has 1 N–H and O–H groups in total. The molecular weight excluding hydrogens is 238 g/mol. The van der Waals surface area contributed by atoms with Crippen LogP contribution in [0.3, 0.4) is 0 Å². The largest absolute Gasteiger partial charge is 0.382 e. The molecule has 1 saturated carbocycles. The second kappa shape index (κ2) is 5.56.